The van der Waals surface area contributed by atoms with Crippen molar-refractivity contribution in [2.75, 3.05) is 7.11 Å². The lowest BCUT2D eigenvalue weighted by Gasteiger charge is -2.26. The molecule has 7 rings (SSSR count). The number of phenols is 2. The largest absolute Gasteiger partial charge is 0.670 e. The van der Waals surface area contributed by atoms with Crippen LogP contribution in [0.2, 0.25) is 0 Å². The molecular weight excluding hydrogens is 677 g/mol. The zero-order valence-electron chi connectivity index (χ0n) is 30.7. The summed E-state index contributed by atoms with van der Waals surface area (Å²) in [7, 11) is 1.56. The fraction of sp³-hybridized carbons (Fsp3) is 0.326. The molecule has 0 radical (unpaired) electrons. The molecule has 1 aromatic heterocycles. The third-order valence-corrected chi connectivity index (χ3v) is 11.0. The minimum atomic E-state index is -0.959. The monoisotopic (exact) mass is 724 g/mol. The van der Waals surface area contributed by atoms with Gasteiger partial charge in [0.25, 0.3) is 0 Å². The van der Waals surface area contributed by atoms with E-state index in [4.69, 9.17) is 9.47 Å². The number of nitrogens with zero attached hydrogens (tertiary/aromatic N) is 2. The summed E-state index contributed by atoms with van der Waals surface area (Å²) in [6.07, 6.45) is 12.9. The Morgan fingerprint density at radius 1 is 0.907 bits per heavy atom. The lowest BCUT2D eigenvalue weighted by atomic mass is 9.81. The van der Waals surface area contributed by atoms with Crippen LogP contribution in [0, 0.1) is 18.4 Å². The second-order valence-electron chi connectivity index (χ2n) is 14.7. The number of hydrogen-bond donors (Lipinski definition) is 3. The summed E-state index contributed by atoms with van der Waals surface area (Å²) >= 11 is 0. The van der Waals surface area contributed by atoms with Crippen LogP contribution in [0.3, 0.4) is 0 Å². The van der Waals surface area contributed by atoms with E-state index in [1.165, 1.54) is 0 Å². The first-order valence-electron chi connectivity index (χ1n) is 19.0. The Labute approximate surface area is 317 Å². The van der Waals surface area contributed by atoms with Gasteiger partial charge in [-0.15, -0.1) is 4.99 Å². The predicted molar refractivity (Wildman–Crippen MR) is 211 cm³/mol. The van der Waals surface area contributed by atoms with Crippen LogP contribution >= 0.6 is 0 Å². The molecule has 1 aliphatic carbocycles. The van der Waals surface area contributed by atoms with Gasteiger partial charge in [-0.3, -0.25) is 4.79 Å². The molecule has 3 N–H and O–H groups in total. The van der Waals surface area contributed by atoms with E-state index in [0.717, 1.165) is 69.8 Å². The van der Waals surface area contributed by atoms with Crippen molar-refractivity contribution in [2.45, 2.75) is 76.4 Å². The summed E-state index contributed by atoms with van der Waals surface area (Å²) in [5.41, 5.74) is 5.71. The molecule has 1 fully saturated rings. The number of Topliss-reactive ketones (excluding diaryl/α,β-unsaturated/α-hetero) is 1. The highest BCUT2D eigenvalue weighted by atomic mass is 16.5. The van der Waals surface area contributed by atoms with E-state index in [-0.39, 0.29) is 35.7 Å². The van der Waals surface area contributed by atoms with Crippen molar-refractivity contribution in [2.24, 2.45) is 16.8 Å². The quantitative estimate of drug-likeness (QED) is 0.0826. The van der Waals surface area contributed by atoms with Crippen LogP contribution in [0.5, 0.6) is 23.0 Å². The first-order chi connectivity index (χ1) is 26.3. The molecule has 1 saturated carbocycles. The first kappa shape index (κ1) is 36.9. The number of ketones is 1. The molecule has 2 aliphatic rings. The fourth-order valence-electron chi connectivity index (χ4n) is 8.09. The minimum Gasteiger partial charge on any atom is -0.670 e. The number of aliphatic imine (C=N–C) groups is 1. The van der Waals surface area contributed by atoms with Gasteiger partial charge in [0.1, 0.15) is 17.9 Å². The lowest BCUT2D eigenvalue weighted by molar-refractivity contribution is -0.125. The molecule has 8 nitrogen and oxygen atoms in total. The molecule has 1 aliphatic heterocycles. The maximum atomic E-state index is 14.3. The summed E-state index contributed by atoms with van der Waals surface area (Å²) in [6.45, 7) is 1.73. The van der Waals surface area contributed by atoms with Gasteiger partial charge in [-0.1, -0.05) is 66.2 Å². The van der Waals surface area contributed by atoms with Crippen molar-refractivity contribution in [3.63, 3.8) is 0 Å². The standard InChI is InChI=1S/C46H48N2O6/c1-53-46-40(26-34-9-6-8-33-7-2-5-12-39(33)34)35(14-16-42(46)50)25-37(23-32-18-20-48-29-32)44(52)27-43(51)36(22-31-17-19-47-28-31)21-30-13-15-41(49)45(24-30)54-38-10-3-4-11-38/h2,5-9,12-20,24,28-29,36-38,44,49-50,52H,3-4,10-11,21-23,25-27H2,1H3. The second kappa shape index (κ2) is 17.1. The van der Waals surface area contributed by atoms with E-state index >= 15 is 0 Å². The topological polar surface area (TPSA) is 123 Å². The number of aliphatic hydroxyl groups is 1. The number of hydrogen-bond acceptors (Lipinski definition) is 7. The summed E-state index contributed by atoms with van der Waals surface area (Å²) in [4.78, 5) is 22.8. The number of benzene rings is 4. The van der Waals surface area contributed by atoms with Crippen LogP contribution in [0.25, 0.3) is 10.8 Å². The lowest BCUT2D eigenvalue weighted by Crippen LogP contribution is -2.31. The molecule has 3 atom stereocenters. The number of aromatic nitrogens is 1. The van der Waals surface area contributed by atoms with Crippen LogP contribution < -0.4 is 14.5 Å². The zero-order chi connectivity index (χ0) is 37.4. The number of phenolic OH excluding ortho intramolecular Hbond substituents is 2. The minimum absolute atomic E-state index is 0.0327. The van der Waals surface area contributed by atoms with E-state index in [1.807, 2.05) is 48.5 Å². The Hall–Kier alpha value is -5.47. The summed E-state index contributed by atoms with van der Waals surface area (Å²) in [5, 5.41) is 35.8. The Morgan fingerprint density at radius 3 is 2.50 bits per heavy atom. The predicted octanol–water partition coefficient (Wildman–Crippen LogP) is 8.27. The van der Waals surface area contributed by atoms with E-state index in [0.29, 0.717) is 43.6 Å². The average molecular weight is 725 g/mol. The first-order valence-corrected chi connectivity index (χ1v) is 19.0. The molecule has 3 unspecified atom stereocenters. The molecule has 5 aromatic rings. The van der Waals surface area contributed by atoms with Gasteiger partial charge >= 0.3 is 0 Å². The Bertz CT molecular complexity index is 2110. The van der Waals surface area contributed by atoms with E-state index < -0.39 is 12.0 Å². The van der Waals surface area contributed by atoms with Crippen molar-refractivity contribution in [1.29, 1.82) is 0 Å². The highest BCUT2D eigenvalue weighted by Gasteiger charge is 2.31. The molecule has 2 heterocycles. The molecule has 278 valence electrons. The number of carbonyl (C=O) groups excluding carboxylic acids is 1. The highest BCUT2D eigenvalue weighted by molar-refractivity contribution is 5.87. The van der Waals surface area contributed by atoms with Crippen molar-refractivity contribution in [3.05, 3.63) is 137 Å². The molecule has 8 heteroatoms. The van der Waals surface area contributed by atoms with E-state index in [1.54, 1.807) is 44.4 Å². The number of carbonyl (C=O) groups is 1. The van der Waals surface area contributed by atoms with Gasteiger partial charge in [0.05, 0.1) is 25.4 Å². The SMILES string of the molecule is COc1c(O)ccc(CC(Cc2cc[n-]c2)C(O)CC(=O)C(CC2=C[CH+]N=C2)Cc2ccc(O)c(OC3CCCC3)c2)c1Cc1cccc2ccccc12. The summed E-state index contributed by atoms with van der Waals surface area (Å²) in [5.74, 6) is 0.213. The third kappa shape index (κ3) is 8.83. The van der Waals surface area contributed by atoms with Crippen LogP contribution in [0.4, 0.5) is 0 Å². The zero-order valence-corrected chi connectivity index (χ0v) is 30.7. The summed E-state index contributed by atoms with van der Waals surface area (Å²) in [6, 6.07) is 25.3. The molecule has 0 bridgehead atoms. The molecule has 0 spiro atoms. The Balaban J connectivity index is 1.15. The molecule has 0 saturated heterocycles. The highest BCUT2D eigenvalue weighted by Crippen LogP contribution is 2.38. The normalized spacial score (nSPS) is 15.9. The van der Waals surface area contributed by atoms with Crippen molar-refractivity contribution in [1.82, 2.24) is 4.98 Å². The number of ether oxygens (including phenoxy) is 2. The van der Waals surface area contributed by atoms with Crippen molar-refractivity contribution < 1.29 is 29.6 Å². The van der Waals surface area contributed by atoms with Gasteiger partial charge < -0.3 is 29.8 Å². The molecule has 54 heavy (non-hydrogen) atoms. The van der Waals surface area contributed by atoms with Crippen LogP contribution in [0.1, 0.15) is 66.3 Å². The van der Waals surface area contributed by atoms with Crippen molar-refractivity contribution in [3.8, 4) is 23.0 Å². The average Bonchev–Trinajstić information content (AvgIpc) is 3.99. The Morgan fingerprint density at radius 2 is 1.72 bits per heavy atom. The summed E-state index contributed by atoms with van der Waals surface area (Å²) < 4.78 is 12.0. The number of aromatic hydroxyl groups is 2. The van der Waals surface area contributed by atoms with Crippen molar-refractivity contribution >= 4 is 22.8 Å². The number of allylic oxidation sites excluding steroid dienone is 1. The van der Waals surface area contributed by atoms with Crippen LogP contribution in [-0.2, 0) is 30.5 Å². The number of aliphatic hydroxyl groups excluding tert-OH is 1. The van der Waals surface area contributed by atoms with Gasteiger partial charge in [-0.25, -0.2) is 0 Å². The van der Waals surface area contributed by atoms with Crippen LogP contribution in [0.15, 0.2) is 108 Å². The maximum absolute atomic E-state index is 14.3. The number of methoxy groups -OCH3 is 1. The van der Waals surface area contributed by atoms with Gasteiger partial charge in [0, 0.05) is 30.7 Å². The van der Waals surface area contributed by atoms with Gasteiger partial charge in [-0.05, 0) is 96.5 Å². The molecule has 0 amide bonds. The third-order valence-electron chi connectivity index (χ3n) is 11.0. The van der Waals surface area contributed by atoms with Gasteiger partial charge in [0.15, 0.2) is 29.2 Å². The number of fused-ring (bicyclic) bond motifs is 1. The smallest absolute Gasteiger partial charge is 0.176 e. The maximum Gasteiger partial charge on any atom is 0.176 e. The van der Waals surface area contributed by atoms with Gasteiger partial charge in [0.2, 0.25) is 0 Å². The van der Waals surface area contributed by atoms with Crippen LogP contribution in [-0.4, -0.2) is 46.6 Å². The number of rotatable bonds is 17. The van der Waals surface area contributed by atoms with E-state index in [9.17, 15) is 20.1 Å². The van der Waals surface area contributed by atoms with Gasteiger partial charge in [-0.2, -0.15) is 12.4 Å². The molecular formula is C46H48N2O6. The van der Waals surface area contributed by atoms with E-state index in [2.05, 4.69) is 34.2 Å². The molecule has 4 aromatic carbocycles. The Kier molecular flexibility index (Phi) is 11.7. The second-order valence-corrected chi connectivity index (χ2v) is 14.7. The fourth-order valence-corrected chi connectivity index (χ4v) is 8.09.